The monoisotopic (exact) mass is 311 g/mol. The lowest BCUT2D eigenvalue weighted by atomic mass is 10.1. The van der Waals surface area contributed by atoms with Gasteiger partial charge in [0.1, 0.15) is 4.90 Å². The molecule has 1 heterocycles. The summed E-state index contributed by atoms with van der Waals surface area (Å²) in [5, 5.41) is 8.70. The highest BCUT2D eigenvalue weighted by molar-refractivity contribution is 7.91. The lowest BCUT2D eigenvalue weighted by Crippen LogP contribution is -2.43. The van der Waals surface area contributed by atoms with E-state index in [9.17, 15) is 16.8 Å². The molecule has 1 aromatic heterocycles. The van der Waals surface area contributed by atoms with Crippen molar-refractivity contribution in [1.29, 1.82) is 0 Å². The SMILES string of the molecule is Cn1cc(S(N)(=O)=O)c(NS(=O)(=O)NC(C)(C)C)n1. The average molecular weight is 311 g/mol. The van der Waals surface area contributed by atoms with Gasteiger partial charge in [0, 0.05) is 18.8 Å². The number of hydrogen-bond donors (Lipinski definition) is 3. The summed E-state index contributed by atoms with van der Waals surface area (Å²) < 4.78 is 51.7. The molecule has 0 atom stereocenters. The Balaban J connectivity index is 3.14. The highest BCUT2D eigenvalue weighted by Gasteiger charge is 2.25. The second-order valence-corrected chi connectivity index (χ2v) is 7.96. The summed E-state index contributed by atoms with van der Waals surface area (Å²) in [6.45, 7) is 4.93. The Morgan fingerprint density at radius 3 is 2.21 bits per heavy atom. The van der Waals surface area contributed by atoms with Crippen molar-refractivity contribution >= 4 is 26.1 Å². The van der Waals surface area contributed by atoms with E-state index in [-0.39, 0.29) is 5.82 Å². The van der Waals surface area contributed by atoms with Crippen molar-refractivity contribution in [3.8, 4) is 0 Å². The van der Waals surface area contributed by atoms with Crippen LogP contribution in [-0.2, 0) is 27.3 Å². The van der Waals surface area contributed by atoms with E-state index >= 15 is 0 Å². The molecular weight excluding hydrogens is 294 g/mol. The third-order valence-electron chi connectivity index (χ3n) is 1.77. The van der Waals surface area contributed by atoms with Crippen molar-refractivity contribution in [2.45, 2.75) is 31.2 Å². The van der Waals surface area contributed by atoms with Gasteiger partial charge in [-0.05, 0) is 20.8 Å². The Labute approximate surface area is 112 Å². The van der Waals surface area contributed by atoms with E-state index in [2.05, 4.69) is 9.82 Å². The molecule has 0 bridgehead atoms. The molecule has 110 valence electrons. The van der Waals surface area contributed by atoms with E-state index < -0.39 is 30.7 Å². The zero-order chi connectivity index (χ0) is 15.1. The lowest BCUT2D eigenvalue weighted by Gasteiger charge is -2.20. The van der Waals surface area contributed by atoms with Crippen LogP contribution in [0.1, 0.15) is 20.8 Å². The molecule has 0 aliphatic heterocycles. The molecule has 11 heteroatoms. The van der Waals surface area contributed by atoms with Gasteiger partial charge in [-0.2, -0.15) is 18.2 Å². The minimum Gasteiger partial charge on any atom is -0.272 e. The second-order valence-electron chi connectivity index (χ2n) is 5.02. The van der Waals surface area contributed by atoms with Crippen molar-refractivity contribution in [2.24, 2.45) is 12.2 Å². The molecule has 0 aliphatic rings. The third-order valence-corrected chi connectivity index (χ3v) is 4.03. The molecule has 0 saturated carbocycles. The number of sulfonamides is 1. The maximum absolute atomic E-state index is 11.8. The number of nitrogens with one attached hydrogen (secondary N) is 2. The van der Waals surface area contributed by atoms with Crippen LogP contribution < -0.4 is 14.6 Å². The Morgan fingerprint density at radius 1 is 1.26 bits per heavy atom. The van der Waals surface area contributed by atoms with Crippen molar-refractivity contribution in [2.75, 3.05) is 4.72 Å². The highest BCUT2D eigenvalue weighted by atomic mass is 32.2. The Bertz CT molecular complexity index is 668. The first kappa shape index (κ1) is 15.9. The maximum atomic E-state index is 11.8. The van der Waals surface area contributed by atoms with Crippen LogP contribution in [0, 0.1) is 0 Å². The van der Waals surface area contributed by atoms with Gasteiger partial charge >= 0.3 is 10.2 Å². The van der Waals surface area contributed by atoms with Gasteiger partial charge in [-0.1, -0.05) is 0 Å². The van der Waals surface area contributed by atoms with Gasteiger partial charge in [-0.3, -0.25) is 9.40 Å². The average Bonchev–Trinajstić information content (AvgIpc) is 2.39. The molecule has 0 aliphatic carbocycles. The molecule has 0 unspecified atom stereocenters. The van der Waals surface area contributed by atoms with Gasteiger partial charge in [-0.15, -0.1) is 0 Å². The van der Waals surface area contributed by atoms with Gasteiger partial charge in [0.05, 0.1) is 0 Å². The molecule has 0 aromatic carbocycles. The minimum atomic E-state index is -4.07. The number of anilines is 1. The van der Waals surface area contributed by atoms with Crippen LogP contribution in [0.5, 0.6) is 0 Å². The number of aryl methyl sites for hydroxylation is 1. The predicted octanol–water partition coefficient (Wildman–Crippen LogP) is -0.888. The van der Waals surface area contributed by atoms with Crippen LogP contribution in [-0.4, -0.2) is 32.2 Å². The molecule has 0 radical (unpaired) electrons. The fraction of sp³-hybridized carbons (Fsp3) is 0.625. The fourth-order valence-corrected chi connectivity index (χ4v) is 3.29. The highest BCUT2D eigenvalue weighted by Crippen LogP contribution is 2.18. The van der Waals surface area contributed by atoms with Crippen molar-refractivity contribution in [3.63, 3.8) is 0 Å². The number of hydrogen-bond acceptors (Lipinski definition) is 5. The van der Waals surface area contributed by atoms with Crippen LogP contribution >= 0.6 is 0 Å². The number of aromatic nitrogens is 2. The van der Waals surface area contributed by atoms with Gasteiger partial charge in [0.2, 0.25) is 10.0 Å². The zero-order valence-corrected chi connectivity index (χ0v) is 12.6. The first-order chi connectivity index (χ1) is 8.30. The van der Waals surface area contributed by atoms with Crippen LogP contribution in [0.15, 0.2) is 11.1 Å². The minimum absolute atomic E-state index is 0.346. The summed E-state index contributed by atoms with van der Waals surface area (Å²) in [5.74, 6) is -0.346. The van der Waals surface area contributed by atoms with Crippen LogP contribution in [0.25, 0.3) is 0 Å². The van der Waals surface area contributed by atoms with Crippen molar-refractivity contribution < 1.29 is 16.8 Å². The van der Waals surface area contributed by atoms with Crippen molar-refractivity contribution in [3.05, 3.63) is 6.20 Å². The molecule has 9 nitrogen and oxygen atoms in total. The standard InChI is InChI=1S/C8H17N5O4S2/c1-8(2,3)12-19(16,17)11-7-6(18(9,14)15)5-13(4)10-7/h5,12H,1-4H3,(H,10,11)(H2,9,14,15). The summed E-state index contributed by atoms with van der Waals surface area (Å²) in [7, 11) is -6.58. The van der Waals surface area contributed by atoms with E-state index in [1.54, 1.807) is 20.8 Å². The fourth-order valence-electron chi connectivity index (χ4n) is 1.30. The summed E-state index contributed by atoms with van der Waals surface area (Å²) in [4.78, 5) is -0.394. The van der Waals surface area contributed by atoms with E-state index in [1.165, 1.54) is 7.05 Å². The quantitative estimate of drug-likeness (QED) is 0.662. The number of nitrogens with zero attached hydrogens (tertiary/aromatic N) is 2. The summed E-state index contributed by atoms with van der Waals surface area (Å²) in [6, 6.07) is 0. The third kappa shape index (κ3) is 4.78. The summed E-state index contributed by atoms with van der Waals surface area (Å²) in [6.07, 6.45) is 1.12. The molecule has 0 saturated heterocycles. The van der Waals surface area contributed by atoms with Crippen LogP contribution in [0.4, 0.5) is 5.82 Å². The van der Waals surface area contributed by atoms with Crippen LogP contribution in [0.2, 0.25) is 0 Å². The van der Waals surface area contributed by atoms with E-state index in [0.717, 1.165) is 10.9 Å². The van der Waals surface area contributed by atoms with E-state index in [4.69, 9.17) is 5.14 Å². The van der Waals surface area contributed by atoms with E-state index in [0.29, 0.717) is 0 Å². The molecule has 4 N–H and O–H groups in total. The largest absolute Gasteiger partial charge is 0.300 e. The van der Waals surface area contributed by atoms with Crippen molar-refractivity contribution in [1.82, 2.24) is 14.5 Å². The van der Waals surface area contributed by atoms with Gasteiger partial charge < -0.3 is 0 Å². The topological polar surface area (TPSA) is 136 Å². The molecule has 1 aromatic rings. The molecule has 1 rings (SSSR count). The predicted molar refractivity (Wildman–Crippen MR) is 70.0 cm³/mol. The summed E-state index contributed by atoms with van der Waals surface area (Å²) in [5.41, 5.74) is -0.720. The molecular formula is C8H17N5O4S2. The molecule has 0 amide bonds. The second kappa shape index (κ2) is 4.74. The number of primary sulfonamides is 1. The lowest BCUT2D eigenvalue weighted by molar-refractivity contribution is 0.494. The van der Waals surface area contributed by atoms with E-state index in [1.807, 2.05) is 4.72 Å². The summed E-state index contributed by atoms with van der Waals surface area (Å²) >= 11 is 0. The normalized spacial score (nSPS) is 13.5. The number of nitrogens with two attached hydrogens (primary N) is 1. The Hall–Kier alpha value is -1.17. The molecule has 19 heavy (non-hydrogen) atoms. The smallest absolute Gasteiger partial charge is 0.272 e. The first-order valence-electron chi connectivity index (χ1n) is 5.18. The molecule has 0 fully saturated rings. The Morgan fingerprint density at radius 2 is 1.79 bits per heavy atom. The molecule has 0 spiro atoms. The zero-order valence-electron chi connectivity index (χ0n) is 11.0. The van der Waals surface area contributed by atoms with Gasteiger partial charge in [0.15, 0.2) is 5.82 Å². The maximum Gasteiger partial charge on any atom is 0.300 e. The first-order valence-corrected chi connectivity index (χ1v) is 8.21. The van der Waals surface area contributed by atoms with Gasteiger partial charge in [-0.25, -0.2) is 13.6 Å². The Kier molecular flexibility index (Phi) is 3.96. The number of rotatable bonds is 4. The van der Waals surface area contributed by atoms with Gasteiger partial charge in [0.25, 0.3) is 0 Å². The van der Waals surface area contributed by atoms with Crippen LogP contribution in [0.3, 0.4) is 0 Å².